The van der Waals surface area contributed by atoms with Gasteiger partial charge in [0.1, 0.15) is 5.82 Å². The van der Waals surface area contributed by atoms with Crippen molar-refractivity contribution < 1.29 is 4.79 Å². The molecule has 3 rings (SSSR count). The van der Waals surface area contributed by atoms with Crippen LogP contribution in [0.15, 0.2) is 24.3 Å². The van der Waals surface area contributed by atoms with Gasteiger partial charge in [-0.25, -0.2) is 4.98 Å². The van der Waals surface area contributed by atoms with Gasteiger partial charge in [-0.3, -0.25) is 4.79 Å². The van der Waals surface area contributed by atoms with Crippen molar-refractivity contribution in [2.75, 3.05) is 0 Å². The number of hydrogen-bond donors (Lipinski definition) is 1. The summed E-state index contributed by atoms with van der Waals surface area (Å²) in [4.78, 5) is 16.9. The number of nitrogens with one attached hydrogen (secondary N) is 1. The number of imidazole rings is 1. The van der Waals surface area contributed by atoms with Gasteiger partial charge in [0.15, 0.2) is 0 Å². The van der Waals surface area contributed by atoms with E-state index in [-0.39, 0.29) is 17.9 Å². The van der Waals surface area contributed by atoms with Crippen molar-refractivity contribution in [1.82, 2.24) is 14.9 Å². The molecule has 1 atom stereocenters. The quantitative estimate of drug-likeness (QED) is 0.742. The van der Waals surface area contributed by atoms with E-state index in [0.29, 0.717) is 0 Å². The maximum absolute atomic E-state index is 12.1. The number of hydrogen-bond acceptors (Lipinski definition) is 2. The Hall–Kier alpha value is -1.84. The summed E-state index contributed by atoms with van der Waals surface area (Å²) < 4.78 is 2.29. The van der Waals surface area contributed by atoms with Gasteiger partial charge in [-0.05, 0) is 38.3 Å². The molecule has 2 aromatic rings. The molecule has 1 aliphatic rings. The Balaban J connectivity index is 1.80. The zero-order chi connectivity index (χ0) is 16.2. The third kappa shape index (κ3) is 3.74. The number of amides is 1. The molecule has 0 radical (unpaired) electrons. The number of aromatic nitrogens is 2. The van der Waals surface area contributed by atoms with Crippen LogP contribution in [0.4, 0.5) is 0 Å². The molecule has 1 aromatic carbocycles. The summed E-state index contributed by atoms with van der Waals surface area (Å²) in [5.74, 6) is 1.40. The molecule has 1 unspecified atom stereocenters. The standard InChI is InChI=1S/C19H27N3O/c1-3-4-5-8-13-22-17-10-7-6-9-16(17)21-18(22)14(2)20-19(23)15-11-12-15/h6-7,9-10,14-15H,3-5,8,11-13H2,1-2H3,(H,20,23). The number of unbranched alkanes of at least 4 members (excludes halogenated alkanes) is 3. The van der Waals surface area contributed by atoms with Gasteiger partial charge in [0.2, 0.25) is 5.91 Å². The molecule has 1 heterocycles. The minimum absolute atomic E-state index is 0.0401. The van der Waals surface area contributed by atoms with E-state index in [1.807, 2.05) is 13.0 Å². The van der Waals surface area contributed by atoms with Crippen molar-refractivity contribution in [3.8, 4) is 0 Å². The first kappa shape index (κ1) is 16.0. The first-order valence-electron chi connectivity index (χ1n) is 8.96. The van der Waals surface area contributed by atoms with Crippen LogP contribution < -0.4 is 5.32 Å². The molecule has 1 aromatic heterocycles. The van der Waals surface area contributed by atoms with Crippen molar-refractivity contribution in [3.05, 3.63) is 30.1 Å². The summed E-state index contributed by atoms with van der Waals surface area (Å²) in [6.45, 7) is 5.25. The van der Waals surface area contributed by atoms with E-state index in [1.165, 1.54) is 24.8 Å². The van der Waals surface area contributed by atoms with Crippen LogP contribution in [0.1, 0.15) is 64.2 Å². The second-order valence-electron chi connectivity index (χ2n) is 6.68. The van der Waals surface area contributed by atoms with Crippen LogP contribution in [0.2, 0.25) is 0 Å². The van der Waals surface area contributed by atoms with Crippen molar-refractivity contribution in [2.45, 2.75) is 65.0 Å². The monoisotopic (exact) mass is 313 g/mol. The average molecular weight is 313 g/mol. The summed E-state index contributed by atoms with van der Waals surface area (Å²) in [7, 11) is 0. The van der Waals surface area contributed by atoms with E-state index in [4.69, 9.17) is 4.98 Å². The van der Waals surface area contributed by atoms with Crippen LogP contribution in [-0.2, 0) is 11.3 Å². The topological polar surface area (TPSA) is 46.9 Å². The van der Waals surface area contributed by atoms with Gasteiger partial charge in [-0.2, -0.15) is 0 Å². The van der Waals surface area contributed by atoms with Gasteiger partial charge in [-0.15, -0.1) is 0 Å². The Bertz CT molecular complexity index is 672. The van der Waals surface area contributed by atoms with E-state index in [1.54, 1.807) is 0 Å². The normalized spacial score (nSPS) is 15.7. The highest BCUT2D eigenvalue weighted by molar-refractivity contribution is 5.81. The fourth-order valence-electron chi connectivity index (χ4n) is 3.10. The molecule has 1 aliphatic carbocycles. The number of aryl methyl sites for hydroxylation is 1. The van der Waals surface area contributed by atoms with E-state index >= 15 is 0 Å². The van der Waals surface area contributed by atoms with Gasteiger partial charge in [-0.1, -0.05) is 38.3 Å². The maximum Gasteiger partial charge on any atom is 0.223 e. The minimum Gasteiger partial charge on any atom is -0.346 e. The lowest BCUT2D eigenvalue weighted by Gasteiger charge is -2.16. The van der Waals surface area contributed by atoms with Crippen molar-refractivity contribution in [2.24, 2.45) is 5.92 Å². The summed E-state index contributed by atoms with van der Waals surface area (Å²) in [5, 5.41) is 3.14. The maximum atomic E-state index is 12.1. The van der Waals surface area contributed by atoms with E-state index in [9.17, 15) is 4.79 Å². The fourth-order valence-corrected chi connectivity index (χ4v) is 3.10. The predicted octanol–water partition coefficient (Wildman–Crippen LogP) is 4.20. The van der Waals surface area contributed by atoms with Crippen LogP contribution in [-0.4, -0.2) is 15.5 Å². The number of para-hydroxylation sites is 2. The molecule has 0 aliphatic heterocycles. The highest BCUT2D eigenvalue weighted by Gasteiger charge is 2.31. The second kappa shape index (κ2) is 7.16. The zero-order valence-electron chi connectivity index (χ0n) is 14.2. The van der Waals surface area contributed by atoms with Crippen LogP contribution in [0.5, 0.6) is 0 Å². The molecule has 4 heteroatoms. The van der Waals surface area contributed by atoms with Gasteiger partial charge in [0.05, 0.1) is 17.1 Å². The third-order valence-electron chi connectivity index (χ3n) is 4.61. The van der Waals surface area contributed by atoms with E-state index < -0.39 is 0 Å². The van der Waals surface area contributed by atoms with Crippen LogP contribution in [0, 0.1) is 5.92 Å². The Kier molecular flexibility index (Phi) is 4.99. The second-order valence-corrected chi connectivity index (χ2v) is 6.68. The summed E-state index contributed by atoms with van der Waals surface area (Å²) >= 11 is 0. The Labute approximate surface area is 138 Å². The van der Waals surface area contributed by atoms with Crippen molar-refractivity contribution >= 4 is 16.9 Å². The van der Waals surface area contributed by atoms with Gasteiger partial charge >= 0.3 is 0 Å². The number of fused-ring (bicyclic) bond motifs is 1. The Morgan fingerprint density at radius 1 is 1.30 bits per heavy atom. The molecular weight excluding hydrogens is 286 g/mol. The third-order valence-corrected chi connectivity index (χ3v) is 4.61. The molecule has 1 fully saturated rings. The molecule has 0 spiro atoms. The Morgan fingerprint density at radius 2 is 2.09 bits per heavy atom. The molecule has 1 N–H and O–H groups in total. The predicted molar refractivity (Wildman–Crippen MR) is 93.2 cm³/mol. The molecule has 0 saturated heterocycles. The van der Waals surface area contributed by atoms with Gasteiger partial charge in [0.25, 0.3) is 0 Å². The first-order chi connectivity index (χ1) is 11.2. The highest BCUT2D eigenvalue weighted by Crippen LogP contribution is 2.30. The molecule has 1 saturated carbocycles. The molecule has 23 heavy (non-hydrogen) atoms. The van der Waals surface area contributed by atoms with Crippen LogP contribution in [0.3, 0.4) is 0 Å². The lowest BCUT2D eigenvalue weighted by atomic mass is 10.2. The van der Waals surface area contributed by atoms with Gasteiger partial charge in [0, 0.05) is 12.5 Å². The first-order valence-corrected chi connectivity index (χ1v) is 8.96. The number of nitrogens with zero attached hydrogens (tertiary/aromatic N) is 2. The number of rotatable bonds is 8. The fraction of sp³-hybridized carbons (Fsp3) is 0.579. The summed E-state index contributed by atoms with van der Waals surface area (Å²) in [5.41, 5.74) is 2.19. The van der Waals surface area contributed by atoms with Crippen LogP contribution in [0.25, 0.3) is 11.0 Å². The molecule has 1 amide bonds. The lowest BCUT2D eigenvalue weighted by molar-refractivity contribution is -0.123. The van der Waals surface area contributed by atoms with Crippen LogP contribution >= 0.6 is 0 Å². The average Bonchev–Trinajstić information content (AvgIpc) is 3.34. The Morgan fingerprint density at radius 3 is 2.83 bits per heavy atom. The minimum atomic E-state index is -0.0401. The number of benzene rings is 1. The van der Waals surface area contributed by atoms with E-state index in [2.05, 4.69) is 35.0 Å². The number of carbonyl (C=O) groups is 1. The zero-order valence-corrected chi connectivity index (χ0v) is 14.2. The highest BCUT2D eigenvalue weighted by atomic mass is 16.2. The summed E-state index contributed by atoms with van der Waals surface area (Å²) in [6.07, 6.45) is 6.98. The summed E-state index contributed by atoms with van der Waals surface area (Å²) in [6, 6.07) is 8.22. The molecule has 124 valence electrons. The van der Waals surface area contributed by atoms with Crippen molar-refractivity contribution in [1.29, 1.82) is 0 Å². The van der Waals surface area contributed by atoms with Gasteiger partial charge < -0.3 is 9.88 Å². The largest absolute Gasteiger partial charge is 0.346 e. The smallest absolute Gasteiger partial charge is 0.223 e. The SMILES string of the molecule is CCCCCCn1c(C(C)NC(=O)C2CC2)nc2ccccc21. The molecule has 4 nitrogen and oxygen atoms in total. The number of carbonyl (C=O) groups excluding carboxylic acids is 1. The lowest BCUT2D eigenvalue weighted by Crippen LogP contribution is -2.29. The van der Waals surface area contributed by atoms with E-state index in [0.717, 1.165) is 37.1 Å². The van der Waals surface area contributed by atoms with Crippen molar-refractivity contribution in [3.63, 3.8) is 0 Å². The molecule has 0 bridgehead atoms. The molecular formula is C19H27N3O.